The SMILES string of the molecule is C=C(/C=C\C(=C/C)Oc1cc(C(=O)NCC)nc2cc([N+](=O)[O-])ccc12)NC(=O)Nc1ccc(Cl)c(OC)c1.CC. The van der Waals surface area contributed by atoms with Gasteiger partial charge in [0.15, 0.2) is 0 Å². The van der Waals surface area contributed by atoms with Gasteiger partial charge in [-0.25, -0.2) is 9.78 Å². The second-order valence-corrected chi connectivity index (χ2v) is 8.31. The number of hydrogen-bond acceptors (Lipinski definition) is 7. The molecular formula is C29H32ClN5O6. The van der Waals surface area contributed by atoms with E-state index in [0.717, 1.165) is 0 Å². The second-order valence-electron chi connectivity index (χ2n) is 7.90. The van der Waals surface area contributed by atoms with Crippen LogP contribution in [0.1, 0.15) is 38.2 Å². The monoisotopic (exact) mass is 581 g/mol. The summed E-state index contributed by atoms with van der Waals surface area (Å²) in [5, 5.41) is 20.0. The number of allylic oxidation sites excluding steroid dienone is 3. The molecule has 0 spiro atoms. The van der Waals surface area contributed by atoms with Crippen molar-refractivity contribution >= 4 is 45.8 Å². The zero-order valence-corrected chi connectivity index (χ0v) is 24.2. The number of non-ortho nitro benzene ring substituents is 1. The number of methoxy groups -OCH3 is 1. The summed E-state index contributed by atoms with van der Waals surface area (Å²) < 4.78 is 11.2. The second kappa shape index (κ2) is 15.6. The normalized spacial score (nSPS) is 10.8. The lowest BCUT2D eigenvalue weighted by Gasteiger charge is -2.12. The van der Waals surface area contributed by atoms with E-state index >= 15 is 0 Å². The van der Waals surface area contributed by atoms with Gasteiger partial charge in [0.1, 0.15) is 23.0 Å². The molecule has 3 aromatic rings. The first kappa shape index (κ1) is 32.3. The van der Waals surface area contributed by atoms with Gasteiger partial charge in [-0.3, -0.25) is 14.9 Å². The van der Waals surface area contributed by atoms with Gasteiger partial charge in [0.05, 0.1) is 22.6 Å². The lowest BCUT2D eigenvalue weighted by atomic mass is 10.1. The highest BCUT2D eigenvalue weighted by atomic mass is 35.5. The molecular weight excluding hydrogens is 550 g/mol. The number of nitro groups is 1. The first-order valence-electron chi connectivity index (χ1n) is 12.6. The number of ether oxygens (including phenoxy) is 2. The third-order valence-corrected chi connectivity index (χ3v) is 5.49. The Balaban J connectivity index is 0.00000287. The van der Waals surface area contributed by atoms with Gasteiger partial charge in [-0.05, 0) is 50.3 Å². The highest BCUT2D eigenvalue weighted by Crippen LogP contribution is 2.30. The zero-order chi connectivity index (χ0) is 30.5. The number of benzene rings is 2. The first-order valence-corrected chi connectivity index (χ1v) is 13.0. The maximum atomic E-state index is 12.5. The average Bonchev–Trinajstić information content (AvgIpc) is 2.96. The van der Waals surface area contributed by atoms with E-state index in [1.165, 1.54) is 37.5 Å². The third-order valence-electron chi connectivity index (χ3n) is 5.18. The molecule has 1 aromatic heterocycles. The lowest BCUT2D eigenvalue weighted by Crippen LogP contribution is -2.27. The number of anilines is 1. The number of fused-ring (bicyclic) bond motifs is 1. The molecule has 3 amide bonds. The van der Waals surface area contributed by atoms with Gasteiger partial charge in [-0.2, -0.15) is 0 Å². The largest absolute Gasteiger partial charge is 0.495 e. The Labute approximate surface area is 243 Å². The summed E-state index contributed by atoms with van der Waals surface area (Å²) in [6.07, 6.45) is 4.75. The van der Waals surface area contributed by atoms with Crippen LogP contribution in [0, 0.1) is 10.1 Å². The van der Waals surface area contributed by atoms with E-state index in [4.69, 9.17) is 21.1 Å². The predicted molar refractivity (Wildman–Crippen MR) is 161 cm³/mol. The minimum atomic E-state index is -0.543. The van der Waals surface area contributed by atoms with Crippen LogP contribution in [-0.4, -0.2) is 35.5 Å². The van der Waals surface area contributed by atoms with Crippen LogP contribution in [0.2, 0.25) is 5.02 Å². The smallest absolute Gasteiger partial charge is 0.323 e. The van der Waals surface area contributed by atoms with Crippen LogP contribution in [-0.2, 0) is 0 Å². The molecule has 0 fully saturated rings. The molecule has 1 heterocycles. The van der Waals surface area contributed by atoms with Crippen LogP contribution in [0.3, 0.4) is 0 Å². The Morgan fingerprint density at radius 1 is 1.12 bits per heavy atom. The van der Waals surface area contributed by atoms with Crippen molar-refractivity contribution in [1.82, 2.24) is 15.6 Å². The summed E-state index contributed by atoms with van der Waals surface area (Å²) in [4.78, 5) is 39.8. The number of halogens is 1. The Kier molecular flexibility index (Phi) is 12.3. The fraction of sp³-hybridized carbons (Fsp3) is 0.207. The van der Waals surface area contributed by atoms with Crippen LogP contribution in [0.25, 0.3) is 10.9 Å². The lowest BCUT2D eigenvalue weighted by molar-refractivity contribution is -0.384. The van der Waals surface area contributed by atoms with Gasteiger partial charge < -0.3 is 25.4 Å². The zero-order valence-electron chi connectivity index (χ0n) is 23.4. The van der Waals surface area contributed by atoms with Crippen molar-refractivity contribution in [2.75, 3.05) is 19.0 Å². The van der Waals surface area contributed by atoms with E-state index in [0.29, 0.717) is 34.1 Å². The minimum Gasteiger partial charge on any atom is -0.495 e. The molecule has 0 atom stereocenters. The molecule has 0 unspecified atom stereocenters. The number of carbonyl (C=O) groups excluding carboxylic acids is 2. The number of hydrogen-bond donors (Lipinski definition) is 3. The number of aromatic nitrogens is 1. The molecule has 2 aromatic carbocycles. The third kappa shape index (κ3) is 9.07. The molecule has 0 aliphatic rings. The van der Waals surface area contributed by atoms with Gasteiger partial charge >= 0.3 is 6.03 Å². The van der Waals surface area contributed by atoms with Gasteiger partial charge in [0, 0.05) is 47.6 Å². The molecule has 3 N–H and O–H groups in total. The number of urea groups is 1. The quantitative estimate of drug-likeness (QED) is 0.104. The van der Waals surface area contributed by atoms with Crippen molar-refractivity contribution in [2.24, 2.45) is 0 Å². The average molecular weight is 582 g/mol. The van der Waals surface area contributed by atoms with Crippen molar-refractivity contribution in [3.05, 3.63) is 99.6 Å². The van der Waals surface area contributed by atoms with Crippen LogP contribution in [0.15, 0.2) is 78.7 Å². The van der Waals surface area contributed by atoms with E-state index in [2.05, 4.69) is 27.5 Å². The molecule has 0 saturated carbocycles. The van der Waals surface area contributed by atoms with Gasteiger partial charge in [-0.15, -0.1) is 0 Å². The Morgan fingerprint density at radius 2 is 1.85 bits per heavy atom. The van der Waals surface area contributed by atoms with Crippen LogP contribution >= 0.6 is 11.6 Å². The fourth-order valence-corrected chi connectivity index (χ4v) is 3.53. The molecule has 11 nitrogen and oxygen atoms in total. The predicted octanol–water partition coefficient (Wildman–Crippen LogP) is 6.76. The highest BCUT2D eigenvalue weighted by Gasteiger charge is 2.16. The van der Waals surface area contributed by atoms with Gasteiger partial charge in [0.2, 0.25) is 0 Å². The summed E-state index contributed by atoms with van der Waals surface area (Å²) in [6, 6.07) is 9.82. The van der Waals surface area contributed by atoms with Gasteiger partial charge in [-0.1, -0.05) is 32.0 Å². The molecule has 0 aliphatic carbocycles. The number of nitrogens with zero attached hydrogens (tertiary/aromatic N) is 2. The van der Waals surface area contributed by atoms with E-state index in [1.54, 1.807) is 44.2 Å². The highest BCUT2D eigenvalue weighted by molar-refractivity contribution is 6.32. The van der Waals surface area contributed by atoms with E-state index in [9.17, 15) is 19.7 Å². The van der Waals surface area contributed by atoms with Crippen LogP contribution in [0.4, 0.5) is 16.2 Å². The molecule has 0 saturated heterocycles. The van der Waals surface area contributed by atoms with Crippen molar-refractivity contribution in [3.63, 3.8) is 0 Å². The minimum absolute atomic E-state index is 0.0425. The number of amides is 3. The molecule has 41 heavy (non-hydrogen) atoms. The number of rotatable bonds is 10. The topological polar surface area (TPSA) is 145 Å². The van der Waals surface area contributed by atoms with Crippen molar-refractivity contribution in [3.8, 4) is 11.5 Å². The Bertz CT molecular complexity index is 1500. The molecule has 0 radical (unpaired) electrons. The Hall–Kier alpha value is -4.90. The van der Waals surface area contributed by atoms with E-state index < -0.39 is 16.9 Å². The summed E-state index contributed by atoms with van der Waals surface area (Å²) in [5.74, 6) is 0.585. The summed E-state index contributed by atoms with van der Waals surface area (Å²) in [6.45, 7) is 11.7. The fourth-order valence-electron chi connectivity index (χ4n) is 3.34. The number of nitro benzene ring substituents is 1. The molecule has 12 heteroatoms. The standard InChI is InChI=1S/C27H26ClN5O6.C2H6/c1-5-19(10-7-16(3)30-27(35)31-17-8-12-21(28)25(13-17)38-4)39-24-15-23(26(34)29-6-2)32-22-14-18(33(36)37)9-11-20(22)24;1-2/h5,7-15H,3,6H2,1-2,4H3,(H,29,34)(H2,30,31,35);1-2H3/b10-7-,19-5+;. The molecule has 3 rings (SSSR count). The number of carbonyl (C=O) groups is 2. The van der Waals surface area contributed by atoms with Crippen molar-refractivity contribution in [2.45, 2.75) is 27.7 Å². The molecule has 216 valence electrons. The summed E-state index contributed by atoms with van der Waals surface area (Å²) in [5.41, 5.74) is 0.827. The van der Waals surface area contributed by atoms with Crippen molar-refractivity contribution < 1.29 is 24.0 Å². The molecule has 0 bridgehead atoms. The number of pyridine rings is 1. The summed E-state index contributed by atoms with van der Waals surface area (Å²) in [7, 11) is 1.47. The first-order chi connectivity index (χ1) is 19.6. The van der Waals surface area contributed by atoms with Crippen LogP contribution in [0.5, 0.6) is 11.5 Å². The van der Waals surface area contributed by atoms with E-state index in [-0.39, 0.29) is 28.3 Å². The summed E-state index contributed by atoms with van der Waals surface area (Å²) >= 11 is 6.01. The number of nitrogens with one attached hydrogen (secondary N) is 3. The maximum absolute atomic E-state index is 12.5. The van der Waals surface area contributed by atoms with Gasteiger partial charge in [0.25, 0.3) is 11.6 Å². The van der Waals surface area contributed by atoms with Crippen molar-refractivity contribution in [1.29, 1.82) is 0 Å². The van der Waals surface area contributed by atoms with E-state index in [1.807, 2.05) is 13.8 Å². The van der Waals surface area contributed by atoms with Crippen LogP contribution < -0.4 is 25.4 Å². The maximum Gasteiger partial charge on any atom is 0.323 e. The Morgan fingerprint density at radius 3 is 2.49 bits per heavy atom. The molecule has 0 aliphatic heterocycles.